The fourth-order valence-electron chi connectivity index (χ4n) is 2.61. The Morgan fingerprint density at radius 2 is 2.08 bits per heavy atom. The molecule has 0 aliphatic rings. The molecule has 0 fully saturated rings. The Morgan fingerprint density at radius 1 is 1.31 bits per heavy atom. The van der Waals surface area contributed by atoms with E-state index < -0.39 is 23.9 Å². The summed E-state index contributed by atoms with van der Waals surface area (Å²) in [6.45, 7) is 0.248. The standard InChI is InChI=1S/C17H22N4O5/c1-26-12-4-5-14-11(9-12)6-8-21(14)10-15(22)20-13(16(23)24)3-2-7-19-17(18)25/h4-6,8-9,13H,2-3,7,10H2,1H3,(H,20,22)(H,23,24)(H3,18,19,25)/t13-/m0/s1. The maximum atomic E-state index is 12.2. The summed E-state index contributed by atoms with van der Waals surface area (Å²) >= 11 is 0. The number of hydrogen-bond acceptors (Lipinski definition) is 4. The number of carboxylic acids is 1. The number of rotatable bonds is 9. The Kier molecular flexibility index (Phi) is 6.42. The Labute approximate surface area is 150 Å². The lowest BCUT2D eigenvalue weighted by Gasteiger charge is -2.15. The van der Waals surface area contributed by atoms with Crippen LogP contribution in [0.2, 0.25) is 0 Å². The minimum absolute atomic E-state index is 0.000848. The van der Waals surface area contributed by atoms with Crippen LogP contribution in [-0.4, -0.2) is 47.3 Å². The number of nitrogens with zero attached hydrogens (tertiary/aromatic N) is 1. The molecule has 1 aromatic heterocycles. The summed E-state index contributed by atoms with van der Waals surface area (Å²) in [4.78, 5) is 34.1. The first-order chi connectivity index (χ1) is 12.4. The Bertz CT molecular complexity index is 802. The number of carbonyl (C=O) groups is 3. The second-order valence-electron chi connectivity index (χ2n) is 5.76. The van der Waals surface area contributed by atoms with Crippen LogP contribution < -0.4 is 21.1 Å². The lowest BCUT2D eigenvalue weighted by atomic mass is 10.1. The van der Waals surface area contributed by atoms with Gasteiger partial charge in [0.25, 0.3) is 0 Å². The van der Waals surface area contributed by atoms with E-state index in [1.54, 1.807) is 23.9 Å². The molecule has 1 heterocycles. The molecule has 2 rings (SSSR count). The van der Waals surface area contributed by atoms with Crippen molar-refractivity contribution >= 4 is 28.8 Å². The van der Waals surface area contributed by atoms with Crippen molar-refractivity contribution in [2.45, 2.75) is 25.4 Å². The molecule has 0 spiro atoms. The average molecular weight is 362 g/mol. The van der Waals surface area contributed by atoms with Gasteiger partial charge < -0.3 is 30.8 Å². The quantitative estimate of drug-likeness (QED) is 0.486. The molecule has 1 atom stereocenters. The minimum Gasteiger partial charge on any atom is -0.497 e. The van der Waals surface area contributed by atoms with Gasteiger partial charge in [-0.3, -0.25) is 4.79 Å². The molecule has 0 unspecified atom stereocenters. The number of fused-ring (bicyclic) bond motifs is 1. The van der Waals surface area contributed by atoms with Gasteiger partial charge in [-0.1, -0.05) is 0 Å². The second-order valence-corrected chi connectivity index (χ2v) is 5.76. The van der Waals surface area contributed by atoms with Gasteiger partial charge in [0.2, 0.25) is 5.91 Å². The number of amides is 3. The van der Waals surface area contributed by atoms with Gasteiger partial charge in [0.1, 0.15) is 18.3 Å². The molecule has 0 aliphatic heterocycles. The van der Waals surface area contributed by atoms with E-state index in [4.69, 9.17) is 10.5 Å². The van der Waals surface area contributed by atoms with E-state index in [0.29, 0.717) is 6.42 Å². The highest BCUT2D eigenvalue weighted by atomic mass is 16.5. The van der Waals surface area contributed by atoms with E-state index in [1.807, 2.05) is 18.2 Å². The molecule has 0 bridgehead atoms. The average Bonchev–Trinajstić information content (AvgIpc) is 2.99. The van der Waals surface area contributed by atoms with Crippen molar-refractivity contribution in [3.05, 3.63) is 30.5 Å². The lowest BCUT2D eigenvalue weighted by molar-refractivity contribution is -0.142. The molecule has 140 valence electrons. The van der Waals surface area contributed by atoms with Crippen LogP contribution in [0.4, 0.5) is 4.79 Å². The van der Waals surface area contributed by atoms with Crippen LogP contribution in [0.25, 0.3) is 10.9 Å². The van der Waals surface area contributed by atoms with E-state index in [-0.39, 0.29) is 19.5 Å². The van der Waals surface area contributed by atoms with E-state index in [2.05, 4.69) is 10.6 Å². The number of aliphatic carboxylic acids is 1. The predicted molar refractivity (Wildman–Crippen MR) is 94.9 cm³/mol. The minimum atomic E-state index is -1.13. The first-order valence-corrected chi connectivity index (χ1v) is 8.09. The van der Waals surface area contributed by atoms with Crippen LogP contribution in [0.1, 0.15) is 12.8 Å². The summed E-state index contributed by atoms with van der Waals surface area (Å²) < 4.78 is 6.90. The zero-order valence-corrected chi connectivity index (χ0v) is 14.4. The third-order valence-corrected chi connectivity index (χ3v) is 3.89. The van der Waals surface area contributed by atoms with E-state index in [9.17, 15) is 19.5 Å². The van der Waals surface area contributed by atoms with Crippen LogP contribution >= 0.6 is 0 Å². The van der Waals surface area contributed by atoms with Crippen molar-refractivity contribution < 1.29 is 24.2 Å². The van der Waals surface area contributed by atoms with Crippen molar-refractivity contribution in [3.63, 3.8) is 0 Å². The van der Waals surface area contributed by atoms with E-state index >= 15 is 0 Å². The molecular formula is C17H22N4O5. The summed E-state index contributed by atoms with van der Waals surface area (Å²) in [5.74, 6) is -0.816. The number of carboxylic acid groups (broad SMARTS) is 1. The molecule has 1 aromatic carbocycles. The SMILES string of the molecule is COc1ccc2c(ccn2CC(=O)N[C@@H](CCCNC(N)=O)C(=O)O)c1. The number of nitrogens with two attached hydrogens (primary N) is 1. The molecule has 26 heavy (non-hydrogen) atoms. The molecule has 5 N–H and O–H groups in total. The zero-order valence-electron chi connectivity index (χ0n) is 14.4. The van der Waals surface area contributed by atoms with Crippen molar-refractivity contribution in [1.29, 1.82) is 0 Å². The van der Waals surface area contributed by atoms with Gasteiger partial charge in [0.05, 0.1) is 7.11 Å². The first kappa shape index (κ1) is 19.1. The van der Waals surface area contributed by atoms with Gasteiger partial charge >= 0.3 is 12.0 Å². The second kappa shape index (κ2) is 8.75. The van der Waals surface area contributed by atoms with Crippen molar-refractivity contribution in [3.8, 4) is 5.75 Å². The molecule has 0 saturated heterocycles. The number of urea groups is 1. The highest BCUT2D eigenvalue weighted by Gasteiger charge is 2.20. The predicted octanol–water partition coefficient (Wildman–Crippen LogP) is 0.668. The highest BCUT2D eigenvalue weighted by molar-refractivity contribution is 5.86. The van der Waals surface area contributed by atoms with E-state index in [1.165, 1.54) is 0 Å². The van der Waals surface area contributed by atoms with Crippen LogP contribution in [0.5, 0.6) is 5.75 Å². The first-order valence-electron chi connectivity index (χ1n) is 8.09. The van der Waals surface area contributed by atoms with Crippen LogP contribution in [-0.2, 0) is 16.1 Å². The van der Waals surface area contributed by atoms with Crippen LogP contribution in [0.15, 0.2) is 30.5 Å². The summed E-state index contributed by atoms with van der Waals surface area (Å²) in [6, 6.07) is 5.65. The third-order valence-electron chi connectivity index (χ3n) is 3.89. The fraction of sp³-hybridized carbons (Fsp3) is 0.353. The van der Waals surface area contributed by atoms with Gasteiger partial charge in [-0.15, -0.1) is 0 Å². The Hall–Kier alpha value is -3.23. The molecule has 0 aliphatic carbocycles. The van der Waals surface area contributed by atoms with Gasteiger partial charge in [0.15, 0.2) is 0 Å². The summed E-state index contributed by atoms with van der Waals surface area (Å²) in [6.07, 6.45) is 2.33. The van der Waals surface area contributed by atoms with Crippen molar-refractivity contribution in [2.24, 2.45) is 5.73 Å². The Morgan fingerprint density at radius 3 is 2.73 bits per heavy atom. The van der Waals surface area contributed by atoms with Gasteiger partial charge in [-0.05, 0) is 37.1 Å². The molecule has 9 nitrogen and oxygen atoms in total. The number of aromatic nitrogens is 1. The molecule has 9 heteroatoms. The molecular weight excluding hydrogens is 340 g/mol. The zero-order chi connectivity index (χ0) is 19.1. The summed E-state index contributed by atoms with van der Waals surface area (Å²) in [5.41, 5.74) is 5.79. The van der Waals surface area contributed by atoms with Crippen LogP contribution in [0.3, 0.4) is 0 Å². The summed E-state index contributed by atoms with van der Waals surface area (Å²) in [7, 11) is 1.58. The largest absolute Gasteiger partial charge is 0.497 e. The lowest BCUT2D eigenvalue weighted by Crippen LogP contribution is -2.42. The monoisotopic (exact) mass is 362 g/mol. The molecule has 0 radical (unpaired) electrons. The maximum absolute atomic E-state index is 12.2. The number of benzene rings is 1. The number of carbonyl (C=O) groups excluding carboxylic acids is 2. The van der Waals surface area contributed by atoms with Crippen molar-refractivity contribution in [1.82, 2.24) is 15.2 Å². The van der Waals surface area contributed by atoms with Gasteiger partial charge in [-0.2, -0.15) is 0 Å². The van der Waals surface area contributed by atoms with Crippen molar-refractivity contribution in [2.75, 3.05) is 13.7 Å². The van der Waals surface area contributed by atoms with Gasteiger partial charge in [-0.25, -0.2) is 9.59 Å². The number of methoxy groups -OCH3 is 1. The smallest absolute Gasteiger partial charge is 0.326 e. The number of ether oxygens (including phenoxy) is 1. The number of nitrogens with one attached hydrogen (secondary N) is 2. The molecule has 2 aromatic rings. The number of hydrogen-bond donors (Lipinski definition) is 4. The van der Waals surface area contributed by atoms with E-state index in [0.717, 1.165) is 16.7 Å². The topological polar surface area (TPSA) is 136 Å². The highest BCUT2D eigenvalue weighted by Crippen LogP contribution is 2.21. The summed E-state index contributed by atoms with van der Waals surface area (Å²) in [5, 5.41) is 15.0. The fourth-order valence-corrected chi connectivity index (χ4v) is 2.61. The van der Waals surface area contributed by atoms with Crippen LogP contribution in [0, 0.1) is 0 Å². The number of primary amides is 1. The normalized spacial score (nSPS) is 11.7. The maximum Gasteiger partial charge on any atom is 0.326 e. The third kappa shape index (κ3) is 5.13. The van der Waals surface area contributed by atoms with Gasteiger partial charge in [0, 0.05) is 23.6 Å². The Balaban J connectivity index is 1.95. The molecule has 3 amide bonds. The molecule has 0 saturated carbocycles.